The van der Waals surface area contributed by atoms with Crippen molar-refractivity contribution in [3.63, 3.8) is 0 Å². The van der Waals surface area contributed by atoms with Gasteiger partial charge in [-0.25, -0.2) is 0 Å². The van der Waals surface area contributed by atoms with Gasteiger partial charge >= 0.3 is 0 Å². The third-order valence-corrected chi connectivity index (χ3v) is 11.0. The first-order chi connectivity index (χ1) is 27.3. The average molecular weight is 703 g/mol. The molecular weight excluding hydrogens is 669 g/mol. The maximum atomic E-state index is 6.23. The molecule has 0 saturated carbocycles. The minimum Gasteiger partial charge on any atom is -0.456 e. The summed E-state index contributed by atoms with van der Waals surface area (Å²) in [4.78, 5) is 2.34. The zero-order valence-electron chi connectivity index (χ0n) is 29.9. The monoisotopic (exact) mass is 702 g/mol. The predicted octanol–water partition coefficient (Wildman–Crippen LogP) is 14.6. The quantitative estimate of drug-likeness (QED) is 0.172. The molecule has 0 aliphatic carbocycles. The van der Waals surface area contributed by atoms with Gasteiger partial charge in [0.1, 0.15) is 11.2 Å². The molecule has 9 aromatic carbocycles. The summed E-state index contributed by atoms with van der Waals surface area (Å²) in [7, 11) is 0. The second-order valence-electron chi connectivity index (χ2n) is 14.1. The van der Waals surface area contributed by atoms with Crippen molar-refractivity contribution in [2.45, 2.75) is 0 Å². The minimum atomic E-state index is 0.902. The van der Waals surface area contributed by atoms with Gasteiger partial charge in [0.15, 0.2) is 0 Å². The number of nitrogens with zero attached hydrogens (tertiary/aromatic N) is 2. The van der Waals surface area contributed by atoms with Crippen LogP contribution in [0.5, 0.6) is 0 Å². The van der Waals surface area contributed by atoms with E-state index in [4.69, 9.17) is 4.42 Å². The fraction of sp³-hybridized carbons (Fsp3) is 0. The molecule has 2 heterocycles. The molecule has 0 N–H and O–H groups in total. The highest BCUT2D eigenvalue weighted by Crippen LogP contribution is 2.41. The number of aromatic nitrogens is 1. The molecular formula is C52H34N2O. The Balaban J connectivity index is 1.04. The summed E-state index contributed by atoms with van der Waals surface area (Å²) in [5, 5.41) is 7.28. The summed E-state index contributed by atoms with van der Waals surface area (Å²) in [6.45, 7) is 0. The molecule has 0 unspecified atom stereocenters. The van der Waals surface area contributed by atoms with Gasteiger partial charge in [-0.3, -0.25) is 0 Å². The molecule has 0 saturated heterocycles. The largest absolute Gasteiger partial charge is 0.456 e. The summed E-state index contributed by atoms with van der Waals surface area (Å²) in [5.41, 5.74) is 13.3. The molecule has 3 nitrogen and oxygen atoms in total. The lowest BCUT2D eigenvalue weighted by atomic mass is 9.99. The number of rotatable bonds is 6. The number of anilines is 3. The number of benzene rings is 9. The molecule has 55 heavy (non-hydrogen) atoms. The first-order valence-electron chi connectivity index (χ1n) is 18.8. The van der Waals surface area contributed by atoms with Crippen molar-refractivity contribution in [1.29, 1.82) is 0 Å². The molecule has 0 fully saturated rings. The molecule has 0 aliphatic heterocycles. The Hall–Kier alpha value is -7.36. The molecule has 0 atom stereocenters. The highest BCUT2D eigenvalue weighted by atomic mass is 16.3. The van der Waals surface area contributed by atoms with Crippen LogP contribution in [0.1, 0.15) is 0 Å². The maximum Gasteiger partial charge on any atom is 0.136 e. The number of fused-ring (bicyclic) bond motifs is 8. The fourth-order valence-electron chi connectivity index (χ4n) is 8.44. The van der Waals surface area contributed by atoms with Crippen LogP contribution in [-0.2, 0) is 0 Å². The standard InChI is InChI=1S/C52H34N2O/c1-2-11-35(12-3-1)36-21-26-39(27-22-36)53(40-28-23-38(24-29-40)43-17-10-20-50-51(43)47-16-7-9-19-49(47)55-50)41-30-32-42(33-31-41)54-48-18-8-6-15-45(48)46-34-25-37-13-4-5-14-44(37)52(46)54/h1-34H. The van der Waals surface area contributed by atoms with Crippen LogP contribution in [-0.4, -0.2) is 4.57 Å². The van der Waals surface area contributed by atoms with Gasteiger partial charge in [-0.15, -0.1) is 0 Å². The Kier molecular flexibility index (Phi) is 7.17. The summed E-state index contributed by atoms with van der Waals surface area (Å²) < 4.78 is 8.65. The predicted molar refractivity (Wildman–Crippen MR) is 231 cm³/mol. The van der Waals surface area contributed by atoms with Gasteiger partial charge in [0.2, 0.25) is 0 Å². The van der Waals surface area contributed by atoms with Crippen molar-refractivity contribution in [3.8, 4) is 27.9 Å². The first-order valence-corrected chi connectivity index (χ1v) is 18.8. The topological polar surface area (TPSA) is 21.3 Å². The molecule has 0 bridgehead atoms. The number of hydrogen-bond donors (Lipinski definition) is 0. The van der Waals surface area contributed by atoms with E-state index in [1.165, 1.54) is 43.7 Å². The van der Waals surface area contributed by atoms with Crippen molar-refractivity contribution >= 4 is 71.6 Å². The number of furan rings is 1. The van der Waals surface area contributed by atoms with Gasteiger partial charge in [0, 0.05) is 49.7 Å². The average Bonchev–Trinajstić information content (AvgIpc) is 3.81. The smallest absolute Gasteiger partial charge is 0.136 e. The SMILES string of the molecule is c1ccc(-c2ccc(N(c3ccc(-c4cccc5oc6ccccc6c45)cc3)c3ccc(-n4c5ccccc5c5ccc6ccccc6c54)cc3)cc2)cc1. The highest BCUT2D eigenvalue weighted by molar-refractivity contribution is 6.18. The fourth-order valence-corrected chi connectivity index (χ4v) is 8.44. The van der Waals surface area contributed by atoms with Crippen LogP contribution in [0.4, 0.5) is 17.1 Å². The number of hydrogen-bond acceptors (Lipinski definition) is 2. The van der Waals surface area contributed by atoms with Crippen LogP contribution in [0, 0.1) is 0 Å². The normalized spacial score (nSPS) is 11.6. The zero-order chi connectivity index (χ0) is 36.3. The van der Waals surface area contributed by atoms with E-state index in [9.17, 15) is 0 Å². The van der Waals surface area contributed by atoms with Crippen LogP contribution >= 0.6 is 0 Å². The van der Waals surface area contributed by atoms with Gasteiger partial charge in [0.05, 0.1) is 11.0 Å². The summed E-state index contributed by atoms with van der Waals surface area (Å²) in [6, 6.07) is 73.9. The van der Waals surface area contributed by atoms with E-state index in [2.05, 4.69) is 204 Å². The van der Waals surface area contributed by atoms with Crippen molar-refractivity contribution in [3.05, 3.63) is 206 Å². The molecule has 0 radical (unpaired) electrons. The van der Waals surface area contributed by atoms with Crippen molar-refractivity contribution < 1.29 is 4.42 Å². The second kappa shape index (κ2) is 12.6. The van der Waals surface area contributed by atoms with Crippen molar-refractivity contribution in [1.82, 2.24) is 4.57 Å². The Labute approximate surface area is 318 Å². The molecule has 2 aromatic heterocycles. The molecule has 3 heteroatoms. The van der Waals surface area contributed by atoms with Crippen LogP contribution < -0.4 is 4.90 Å². The molecule has 0 spiro atoms. The van der Waals surface area contributed by atoms with E-state index >= 15 is 0 Å². The van der Waals surface area contributed by atoms with E-state index in [1.807, 2.05) is 12.1 Å². The van der Waals surface area contributed by atoms with E-state index in [1.54, 1.807) is 0 Å². The Morgan fingerprint density at radius 1 is 0.364 bits per heavy atom. The van der Waals surface area contributed by atoms with Crippen LogP contribution in [0.3, 0.4) is 0 Å². The molecule has 11 aromatic rings. The third-order valence-electron chi connectivity index (χ3n) is 11.0. The van der Waals surface area contributed by atoms with Crippen LogP contribution in [0.2, 0.25) is 0 Å². The summed E-state index contributed by atoms with van der Waals surface area (Å²) in [5.74, 6) is 0. The summed E-state index contributed by atoms with van der Waals surface area (Å²) >= 11 is 0. The van der Waals surface area contributed by atoms with Crippen LogP contribution in [0.15, 0.2) is 211 Å². The molecule has 0 aliphatic rings. The van der Waals surface area contributed by atoms with Gasteiger partial charge < -0.3 is 13.9 Å². The lowest BCUT2D eigenvalue weighted by Crippen LogP contribution is -2.10. The van der Waals surface area contributed by atoms with Gasteiger partial charge in [-0.05, 0) is 94.4 Å². The second-order valence-corrected chi connectivity index (χ2v) is 14.1. The lowest BCUT2D eigenvalue weighted by Gasteiger charge is -2.26. The molecule has 11 rings (SSSR count). The summed E-state index contributed by atoms with van der Waals surface area (Å²) in [6.07, 6.45) is 0. The van der Waals surface area contributed by atoms with Crippen molar-refractivity contribution in [2.24, 2.45) is 0 Å². The van der Waals surface area contributed by atoms with Crippen LogP contribution in [0.25, 0.3) is 82.5 Å². The van der Waals surface area contributed by atoms with E-state index in [-0.39, 0.29) is 0 Å². The van der Waals surface area contributed by atoms with E-state index in [0.29, 0.717) is 0 Å². The lowest BCUT2D eigenvalue weighted by molar-refractivity contribution is 0.669. The minimum absolute atomic E-state index is 0.902. The highest BCUT2D eigenvalue weighted by Gasteiger charge is 2.18. The molecule has 0 amide bonds. The van der Waals surface area contributed by atoms with Gasteiger partial charge in [0.25, 0.3) is 0 Å². The van der Waals surface area contributed by atoms with E-state index < -0.39 is 0 Å². The van der Waals surface area contributed by atoms with E-state index in [0.717, 1.165) is 55.8 Å². The van der Waals surface area contributed by atoms with Gasteiger partial charge in [-0.1, -0.05) is 140 Å². The zero-order valence-corrected chi connectivity index (χ0v) is 29.9. The Morgan fingerprint density at radius 2 is 0.945 bits per heavy atom. The molecule has 258 valence electrons. The third kappa shape index (κ3) is 5.13. The maximum absolute atomic E-state index is 6.23. The first kappa shape index (κ1) is 31.2. The van der Waals surface area contributed by atoms with Gasteiger partial charge in [-0.2, -0.15) is 0 Å². The Bertz CT molecular complexity index is 3170. The number of para-hydroxylation sites is 2. The van der Waals surface area contributed by atoms with Crippen molar-refractivity contribution in [2.75, 3.05) is 4.90 Å². The Morgan fingerprint density at radius 3 is 1.71 bits per heavy atom.